The van der Waals surface area contributed by atoms with E-state index in [1.165, 1.54) is 20.8 Å². The van der Waals surface area contributed by atoms with Gasteiger partial charge in [-0.15, -0.1) is 0 Å². The minimum Gasteiger partial charge on any atom is -0.463 e. The lowest BCUT2D eigenvalue weighted by Crippen LogP contribution is -2.68. The second-order valence-electron chi connectivity index (χ2n) is 12.2. The minimum absolute atomic E-state index is 0.0483. The Balaban J connectivity index is 1.77. The maximum Gasteiger partial charge on any atom is 0.303 e. The summed E-state index contributed by atoms with van der Waals surface area (Å²) in [7, 11) is 0. The van der Waals surface area contributed by atoms with Gasteiger partial charge in [0.05, 0.1) is 11.9 Å². The molecule has 2 saturated heterocycles. The number of thiol groups is 1. The van der Waals surface area contributed by atoms with Crippen LogP contribution in [0.3, 0.4) is 0 Å². The molecule has 0 spiro atoms. The average Bonchev–Trinajstić information content (AvgIpc) is 3.06. The first kappa shape index (κ1) is 40.5. The van der Waals surface area contributed by atoms with Crippen molar-refractivity contribution >= 4 is 59.2 Å². The summed E-state index contributed by atoms with van der Waals surface area (Å²) in [4.78, 5) is 73.5. The molecule has 52 heavy (non-hydrogen) atoms. The van der Waals surface area contributed by atoms with Crippen molar-refractivity contribution < 1.29 is 71.4 Å². The van der Waals surface area contributed by atoms with Gasteiger partial charge in [-0.3, -0.25) is 28.8 Å². The van der Waals surface area contributed by atoms with Crippen LogP contribution in [0.4, 0.5) is 0 Å². The number of benzene rings is 2. The van der Waals surface area contributed by atoms with Crippen LogP contribution in [0.25, 0.3) is 10.8 Å². The molecule has 1 amide bonds. The molecule has 1 N–H and O–H groups in total. The van der Waals surface area contributed by atoms with E-state index in [9.17, 15) is 28.8 Å². The normalized spacial score (nSPS) is 28.6. The van der Waals surface area contributed by atoms with E-state index in [2.05, 4.69) is 17.9 Å². The largest absolute Gasteiger partial charge is 0.463 e. The number of fused-ring (bicyclic) bond motifs is 1. The third-order valence-corrected chi connectivity index (χ3v) is 8.59. The predicted octanol–water partition coefficient (Wildman–Crippen LogP) is 1.92. The number of carbonyl (C=O) groups is 6. The summed E-state index contributed by atoms with van der Waals surface area (Å²) in [5.74, 6) is -4.18. The Kier molecular flexibility index (Phi) is 14.4. The summed E-state index contributed by atoms with van der Waals surface area (Å²) in [5.41, 5.74) is 0.735. The van der Waals surface area contributed by atoms with Crippen LogP contribution < -0.4 is 5.32 Å². The fourth-order valence-corrected chi connectivity index (χ4v) is 6.31. The fourth-order valence-electron chi connectivity index (χ4n) is 5.90. The van der Waals surface area contributed by atoms with Crippen molar-refractivity contribution in [1.82, 2.24) is 5.32 Å². The third-order valence-electron chi connectivity index (χ3n) is 7.96. The molecule has 0 saturated carbocycles. The molecule has 284 valence electrons. The van der Waals surface area contributed by atoms with Crippen LogP contribution in [0.5, 0.6) is 0 Å². The zero-order chi connectivity index (χ0) is 38.1. The molecule has 2 fully saturated rings. The molecule has 0 bridgehead atoms. The Bertz CT molecular complexity index is 1620. The van der Waals surface area contributed by atoms with Crippen LogP contribution in [0.2, 0.25) is 0 Å². The quantitative estimate of drug-likeness (QED) is 0.171. The first-order chi connectivity index (χ1) is 24.6. The molecule has 0 aliphatic carbocycles. The van der Waals surface area contributed by atoms with E-state index < -0.39 is 103 Å². The molecule has 2 aliphatic rings. The monoisotopic (exact) mass is 749 g/mol. The first-order valence-electron chi connectivity index (χ1n) is 16.4. The highest BCUT2D eigenvalue weighted by Crippen LogP contribution is 2.35. The number of rotatable bonds is 13. The van der Waals surface area contributed by atoms with Gasteiger partial charge < -0.3 is 47.9 Å². The van der Waals surface area contributed by atoms with Crippen molar-refractivity contribution in [3.8, 4) is 0 Å². The van der Waals surface area contributed by atoms with Crippen molar-refractivity contribution in [3.05, 3.63) is 48.0 Å². The van der Waals surface area contributed by atoms with E-state index in [4.69, 9.17) is 42.6 Å². The lowest BCUT2D eigenvalue weighted by Gasteiger charge is -2.49. The van der Waals surface area contributed by atoms with Gasteiger partial charge in [-0.05, 0) is 22.4 Å². The second kappa shape index (κ2) is 18.5. The summed E-state index contributed by atoms with van der Waals surface area (Å²) >= 11 is 4.58. The molecule has 16 nitrogen and oxygen atoms in total. The third kappa shape index (κ3) is 11.1. The summed E-state index contributed by atoms with van der Waals surface area (Å²) in [6.07, 6.45) is -10.9. The second-order valence-corrected chi connectivity index (χ2v) is 12.8. The highest BCUT2D eigenvalue weighted by atomic mass is 32.1. The predicted molar refractivity (Wildman–Crippen MR) is 181 cm³/mol. The lowest BCUT2D eigenvalue weighted by atomic mass is 9.96. The van der Waals surface area contributed by atoms with Gasteiger partial charge in [-0.25, -0.2) is 0 Å². The summed E-state index contributed by atoms with van der Waals surface area (Å²) in [6.45, 7) is 6.14. The van der Waals surface area contributed by atoms with E-state index in [0.717, 1.165) is 37.1 Å². The molecule has 2 aliphatic heterocycles. The van der Waals surface area contributed by atoms with Gasteiger partial charge in [0.1, 0.15) is 43.7 Å². The fraction of sp³-hybridized carbons (Fsp3) is 0.543. The average molecular weight is 750 g/mol. The van der Waals surface area contributed by atoms with Crippen molar-refractivity contribution in [2.24, 2.45) is 0 Å². The number of ether oxygens (including phenoxy) is 9. The van der Waals surface area contributed by atoms with Crippen LogP contribution in [0, 0.1) is 0 Å². The topological polar surface area (TPSA) is 198 Å². The summed E-state index contributed by atoms with van der Waals surface area (Å²) < 4.78 is 52.4. The zero-order valence-electron chi connectivity index (χ0n) is 29.5. The number of carbonyl (C=O) groups excluding carboxylic acids is 6. The molecule has 4 rings (SSSR count). The van der Waals surface area contributed by atoms with Gasteiger partial charge >= 0.3 is 29.8 Å². The number of nitrogens with one attached hydrogen (secondary N) is 1. The van der Waals surface area contributed by atoms with Gasteiger partial charge in [-0.1, -0.05) is 36.4 Å². The van der Waals surface area contributed by atoms with Gasteiger partial charge in [0.25, 0.3) is 0 Å². The Morgan fingerprint density at radius 3 is 1.81 bits per heavy atom. The van der Waals surface area contributed by atoms with Gasteiger partial charge in [0.2, 0.25) is 5.91 Å². The maximum atomic E-state index is 12.6. The highest BCUT2D eigenvalue weighted by molar-refractivity contribution is 7.81. The van der Waals surface area contributed by atoms with E-state index in [1.807, 2.05) is 42.5 Å². The van der Waals surface area contributed by atoms with Gasteiger partial charge in [0.15, 0.2) is 24.8 Å². The Morgan fingerprint density at radius 2 is 1.21 bits per heavy atom. The van der Waals surface area contributed by atoms with E-state index in [0.29, 0.717) is 0 Å². The SMILES string of the molecule is CC(=O)N[C@H]1[C@H](O[C@@H]2[C@@H](OC(C)=O)[C@H](OCc3ccc4ccccc4c3)O[C@H](COC(C)=O)[C@H]2OC(C)=O)O[C@H](COC(C)=O)[C@@H](S)[C@@H]1OC(C)=O. The molecule has 2 heterocycles. The molecule has 2 aromatic rings. The molecule has 10 atom stereocenters. The van der Waals surface area contributed by atoms with Crippen LogP contribution in [-0.2, 0) is 78.0 Å². The van der Waals surface area contributed by atoms with Gasteiger partial charge in [0, 0.05) is 41.5 Å². The van der Waals surface area contributed by atoms with Crippen LogP contribution in [-0.4, -0.2) is 109 Å². The molecule has 0 radical (unpaired) electrons. The van der Waals surface area contributed by atoms with Crippen molar-refractivity contribution in [1.29, 1.82) is 0 Å². The zero-order valence-corrected chi connectivity index (χ0v) is 30.4. The molecule has 0 unspecified atom stereocenters. The smallest absolute Gasteiger partial charge is 0.303 e. The van der Waals surface area contributed by atoms with Crippen molar-refractivity contribution in [3.63, 3.8) is 0 Å². The van der Waals surface area contributed by atoms with E-state index in [-0.39, 0.29) is 13.2 Å². The molecular formula is C35H43NO15S. The Labute approximate surface area is 305 Å². The molecule has 2 aromatic carbocycles. The summed E-state index contributed by atoms with van der Waals surface area (Å²) in [6, 6.07) is 12.1. The number of hydrogen-bond donors (Lipinski definition) is 2. The van der Waals surface area contributed by atoms with E-state index >= 15 is 0 Å². The highest BCUT2D eigenvalue weighted by Gasteiger charge is 2.55. The Morgan fingerprint density at radius 1 is 0.654 bits per heavy atom. The Hall–Kier alpha value is -4.29. The van der Waals surface area contributed by atoms with E-state index in [1.54, 1.807) is 0 Å². The lowest BCUT2D eigenvalue weighted by molar-refractivity contribution is -0.344. The van der Waals surface area contributed by atoms with Gasteiger partial charge in [-0.2, -0.15) is 12.6 Å². The van der Waals surface area contributed by atoms with Crippen LogP contribution >= 0.6 is 12.6 Å². The number of esters is 5. The standard InChI is InChI=1S/C35H43NO15S/c1-17(37)36-28-30(47-21(5)41)33(52)27(16-44-19(3)39)50-34(28)51-31-29(46-20(4)40)26(15-43-18(2)38)49-35(32(31)48-22(6)42)45-14-23-11-12-24-9-7-8-10-25(24)13-23/h7-13,26-35,52H,14-16H2,1-6H3,(H,36,37)/t26-,27-,28-,29-,30-,31+,32-,33-,34+,35-/m1/s1. The summed E-state index contributed by atoms with van der Waals surface area (Å²) in [5, 5.41) is 3.66. The number of hydrogen-bond acceptors (Lipinski definition) is 16. The maximum absolute atomic E-state index is 12.6. The van der Waals surface area contributed by atoms with Crippen LogP contribution in [0.1, 0.15) is 47.1 Å². The van der Waals surface area contributed by atoms with Crippen molar-refractivity contribution in [2.45, 2.75) is 109 Å². The molecule has 0 aromatic heterocycles. The van der Waals surface area contributed by atoms with Crippen molar-refractivity contribution in [2.75, 3.05) is 13.2 Å². The minimum atomic E-state index is -1.55. The molecule has 17 heteroatoms. The number of amides is 1. The van der Waals surface area contributed by atoms with Crippen LogP contribution in [0.15, 0.2) is 42.5 Å². The first-order valence-corrected chi connectivity index (χ1v) is 16.9. The molecular weight excluding hydrogens is 706 g/mol.